The van der Waals surface area contributed by atoms with E-state index < -0.39 is 23.6 Å². The zero-order chi connectivity index (χ0) is 14.3. The van der Waals surface area contributed by atoms with Crippen LogP contribution in [0, 0.1) is 5.92 Å². The first kappa shape index (κ1) is 16.9. The molecule has 2 unspecified atom stereocenters. The summed E-state index contributed by atoms with van der Waals surface area (Å²) in [5.74, 6) is -1.15. The summed E-state index contributed by atoms with van der Waals surface area (Å²) >= 11 is 0. The fourth-order valence-electron chi connectivity index (χ4n) is 1.51. The third-order valence-corrected chi connectivity index (χ3v) is 2.38. The molecule has 0 aromatic heterocycles. The van der Waals surface area contributed by atoms with Crippen LogP contribution in [-0.2, 0) is 14.3 Å². The molecule has 1 amide bonds. The normalized spacial score (nSPS) is 14.8. The minimum absolute atomic E-state index is 0.117. The molecule has 0 aromatic rings. The first-order valence-corrected chi connectivity index (χ1v) is 6.35. The second-order valence-corrected chi connectivity index (χ2v) is 5.52. The van der Waals surface area contributed by atoms with Crippen molar-refractivity contribution in [1.82, 2.24) is 5.32 Å². The number of carbonyl (C=O) groups excluding carboxylic acids is 2. The van der Waals surface area contributed by atoms with E-state index in [4.69, 9.17) is 4.74 Å². The Labute approximate surface area is 109 Å². The summed E-state index contributed by atoms with van der Waals surface area (Å²) < 4.78 is 5.04. The number of carbonyl (C=O) groups is 2. The minimum atomic E-state index is -1.08. The predicted molar refractivity (Wildman–Crippen MR) is 68.9 cm³/mol. The molecule has 0 bridgehead atoms. The number of amides is 1. The van der Waals surface area contributed by atoms with Crippen LogP contribution in [0.2, 0.25) is 0 Å². The van der Waals surface area contributed by atoms with Crippen LogP contribution in [0.4, 0.5) is 0 Å². The van der Waals surface area contributed by atoms with Gasteiger partial charge in [-0.2, -0.15) is 0 Å². The third-order valence-electron chi connectivity index (χ3n) is 2.38. The van der Waals surface area contributed by atoms with Crippen LogP contribution in [-0.4, -0.2) is 35.2 Å². The van der Waals surface area contributed by atoms with E-state index in [1.807, 2.05) is 6.92 Å². The van der Waals surface area contributed by atoms with Gasteiger partial charge in [-0.1, -0.05) is 20.3 Å². The van der Waals surface area contributed by atoms with Gasteiger partial charge < -0.3 is 15.2 Å². The molecule has 0 saturated carbocycles. The molecule has 0 fully saturated rings. The lowest BCUT2D eigenvalue weighted by atomic mass is 9.99. The number of esters is 1. The molecule has 106 valence electrons. The molecule has 18 heavy (non-hydrogen) atoms. The quantitative estimate of drug-likeness (QED) is 0.704. The predicted octanol–water partition coefficient (Wildman–Crippen LogP) is 1.24. The maximum atomic E-state index is 11.6. The number of aliphatic hydroxyl groups is 1. The van der Waals surface area contributed by atoms with E-state index >= 15 is 0 Å². The van der Waals surface area contributed by atoms with Gasteiger partial charge in [0, 0.05) is 0 Å². The number of nitrogens with one attached hydrogen (secondary N) is 1. The van der Waals surface area contributed by atoms with Crippen LogP contribution in [0.25, 0.3) is 0 Å². The maximum Gasteiger partial charge on any atom is 0.325 e. The zero-order valence-electron chi connectivity index (χ0n) is 11.9. The van der Waals surface area contributed by atoms with Gasteiger partial charge in [-0.15, -0.1) is 0 Å². The van der Waals surface area contributed by atoms with Crippen molar-refractivity contribution in [3.8, 4) is 0 Å². The van der Waals surface area contributed by atoms with Gasteiger partial charge in [0.05, 0.1) is 0 Å². The fourth-order valence-corrected chi connectivity index (χ4v) is 1.51. The standard InChI is InChI=1S/C13H25NO4/c1-6-7-9(2)11(16)12(17)14-8-10(15)18-13(3,4)5/h9,11,16H,6-8H2,1-5H3,(H,14,17). The Bertz CT molecular complexity index is 283. The first-order chi connectivity index (χ1) is 8.17. The van der Waals surface area contributed by atoms with Crippen LogP contribution < -0.4 is 5.32 Å². The van der Waals surface area contributed by atoms with Gasteiger partial charge in [0.2, 0.25) is 5.91 Å². The highest BCUT2D eigenvalue weighted by Crippen LogP contribution is 2.10. The lowest BCUT2D eigenvalue weighted by Gasteiger charge is -2.21. The van der Waals surface area contributed by atoms with Gasteiger partial charge in [0.25, 0.3) is 0 Å². The topological polar surface area (TPSA) is 75.6 Å². The van der Waals surface area contributed by atoms with Crippen molar-refractivity contribution < 1.29 is 19.4 Å². The van der Waals surface area contributed by atoms with Crippen molar-refractivity contribution >= 4 is 11.9 Å². The van der Waals surface area contributed by atoms with E-state index in [1.54, 1.807) is 27.7 Å². The number of hydrogen-bond acceptors (Lipinski definition) is 4. The van der Waals surface area contributed by atoms with Gasteiger partial charge in [0.1, 0.15) is 18.2 Å². The van der Waals surface area contributed by atoms with Gasteiger partial charge in [-0.25, -0.2) is 0 Å². The van der Waals surface area contributed by atoms with Crippen molar-refractivity contribution in [3.05, 3.63) is 0 Å². The summed E-state index contributed by atoms with van der Waals surface area (Å²) in [6.45, 7) is 8.84. The SMILES string of the molecule is CCCC(C)C(O)C(=O)NCC(=O)OC(C)(C)C. The molecule has 0 aromatic carbocycles. The molecule has 2 N–H and O–H groups in total. The molecule has 0 spiro atoms. The Kier molecular flexibility index (Phi) is 6.91. The molecule has 5 nitrogen and oxygen atoms in total. The van der Waals surface area contributed by atoms with Crippen LogP contribution in [0.3, 0.4) is 0 Å². The molecule has 2 atom stereocenters. The molecule has 0 radical (unpaired) electrons. The molecular weight excluding hydrogens is 234 g/mol. The molecule has 0 rings (SSSR count). The molecule has 0 aliphatic heterocycles. The van der Waals surface area contributed by atoms with Crippen molar-refractivity contribution in [2.24, 2.45) is 5.92 Å². The largest absolute Gasteiger partial charge is 0.459 e. The van der Waals surface area contributed by atoms with Crippen LogP contribution >= 0.6 is 0 Å². The van der Waals surface area contributed by atoms with E-state index in [0.29, 0.717) is 0 Å². The molecule has 0 aliphatic carbocycles. The average Bonchev–Trinajstić information content (AvgIpc) is 2.22. The van der Waals surface area contributed by atoms with E-state index in [9.17, 15) is 14.7 Å². The van der Waals surface area contributed by atoms with Gasteiger partial charge in [0.15, 0.2) is 0 Å². The highest BCUT2D eigenvalue weighted by Gasteiger charge is 2.23. The summed E-state index contributed by atoms with van der Waals surface area (Å²) in [7, 11) is 0. The lowest BCUT2D eigenvalue weighted by Crippen LogP contribution is -2.42. The second-order valence-electron chi connectivity index (χ2n) is 5.52. The molecular formula is C13H25NO4. The fraction of sp³-hybridized carbons (Fsp3) is 0.846. The van der Waals surface area contributed by atoms with E-state index in [1.165, 1.54) is 0 Å². The Hall–Kier alpha value is -1.10. The van der Waals surface area contributed by atoms with Crippen molar-refractivity contribution in [2.45, 2.75) is 59.2 Å². The van der Waals surface area contributed by atoms with Gasteiger partial charge in [-0.05, 0) is 33.1 Å². The Morgan fingerprint density at radius 3 is 2.33 bits per heavy atom. The number of ether oxygens (including phenoxy) is 1. The third kappa shape index (κ3) is 7.27. The van der Waals surface area contributed by atoms with Crippen LogP contribution in [0.5, 0.6) is 0 Å². The summed E-state index contributed by atoms with van der Waals surface area (Å²) in [5.41, 5.74) is -0.573. The summed E-state index contributed by atoms with van der Waals surface area (Å²) in [6, 6.07) is 0. The van der Waals surface area contributed by atoms with E-state index in [-0.39, 0.29) is 12.5 Å². The van der Waals surface area contributed by atoms with Crippen molar-refractivity contribution in [3.63, 3.8) is 0 Å². The smallest absolute Gasteiger partial charge is 0.325 e. The monoisotopic (exact) mass is 259 g/mol. The van der Waals surface area contributed by atoms with Gasteiger partial charge in [-0.3, -0.25) is 9.59 Å². The molecule has 0 saturated heterocycles. The lowest BCUT2D eigenvalue weighted by molar-refractivity contribution is -0.155. The van der Waals surface area contributed by atoms with Crippen LogP contribution in [0.15, 0.2) is 0 Å². The number of rotatable bonds is 6. The molecule has 0 heterocycles. The maximum absolute atomic E-state index is 11.6. The van der Waals surface area contributed by atoms with E-state index in [0.717, 1.165) is 12.8 Å². The van der Waals surface area contributed by atoms with Crippen LogP contribution in [0.1, 0.15) is 47.5 Å². The molecule has 5 heteroatoms. The Morgan fingerprint density at radius 2 is 1.89 bits per heavy atom. The molecule has 0 aliphatic rings. The van der Waals surface area contributed by atoms with Gasteiger partial charge >= 0.3 is 5.97 Å². The van der Waals surface area contributed by atoms with Crippen molar-refractivity contribution in [1.29, 1.82) is 0 Å². The van der Waals surface area contributed by atoms with E-state index in [2.05, 4.69) is 5.32 Å². The number of aliphatic hydroxyl groups excluding tert-OH is 1. The summed E-state index contributed by atoms with van der Waals surface area (Å²) in [6.07, 6.45) is 0.589. The first-order valence-electron chi connectivity index (χ1n) is 6.35. The Morgan fingerprint density at radius 1 is 1.33 bits per heavy atom. The second kappa shape index (κ2) is 7.36. The van der Waals surface area contributed by atoms with Crippen molar-refractivity contribution in [2.75, 3.05) is 6.54 Å². The average molecular weight is 259 g/mol. The summed E-state index contributed by atoms with van der Waals surface area (Å²) in [5, 5.41) is 12.1. The highest BCUT2D eigenvalue weighted by atomic mass is 16.6. The highest BCUT2D eigenvalue weighted by molar-refractivity contribution is 5.85. The minimum Gasteiger partial charge on any atom is -0.459 e. The summed E-state index contributed by atoms with van der Waals surface area (Å²) in [4.78, 5) is 22.9. The Balaban J connectivity index is 4.06. The number of hydrogen-bond donors (Lipinski definition) is 2. The zero-order valence-corrected chi connectivity index (χ0v) is 11.9.